The maximum Gasteiger partial charge on any atom is 0.408 e. The first-order valence-corrected chi connectivity index (χ1v) is 11.6. The van der Waals surface area contributed by atoms with E-state index >= 15 is 0 Å². The van der Waals surface area contributed by atoms with Crippen LogP contribution in [0.3, 0.4) is 0 Å². The molecule has 1 heterocycles. The second kappa shape index (κ2) is 11.2. The molecule has 0 bridgehead atoms. The van der Waals surface area contributed by atoms with Crippen molar-refractivity contribution in [2.75, 3.05) is 20.2 Å². The first-order chi connectivity index (χ1) is 14.2. The number of rotatable bonds is 7. The minimum absolute atomic E-state index is 0.0294. The molecular formula is C22H32N2O5Si. The number of hydrogen-bond donors (Lipinski definition) is 1. The molecule has 0 spiro atoms. The minimum atomic E-state index is -0.809. The summed E-state index contributed by atoms with van der Waals surface area (Å²) in [5.41, 5.74) is -0.201. The zero-order valence-corrected chi connectivity index (χ0v) is 19.3. The monoisotopic (exact) mass is 432 g/mol. The molecule has 0 saturated carbocycles. The highest BCUT2D eigenvalue weighted by Gasteiger charge is 2.27. The molecule has 0 aromatic heterocycles. The van der Waals surface area contributed by atoms with E-state index in [2.05, 4.69) is 17.4 Å². The van der Waals surface area contributed by atoms with Crippen LogP contribution in [0.2, 0.25) is 6.04 Å². The molecule has 1 aromatic rings. The number of carbonyl (C=O) groups excluding carboxylic acids is 3. The molecular weight excluding hydrogens is 400 g/mol. The molecule has 1 unspecified atom stereocenters. The zero-order valence-electron chi connectivity index (χ0n) is 18.3. The molecule has 1 aromatic carbocycles. The van der Waals surface area contributed by atoms with E-state index in [0.717, 1.165) is 25.9 Å². The van der Waals surface area contributed by atoms with Gasteiger partial charge in [0.1, 0.15) is 11.3 Å². The molecule has 1 fully saturated rings. The predicted molar refractivity (Wildman–Crippen MR) is 115 cm³/mol. The van der Waals surface area contributed by atoms with Crippen molar-refractivity contribution in [3.63, 3.8) is 0 Å². The summed E-state index contributed by atoms with van der Waals surface area (Å²) >= 11 is 0. The first kappa shape index (κ1) is 23.9. The van der Waals surface area contributed by atoms with Crippen LogP contribution in [0, 0.1) is 0 Å². The summed E-state index contributed by atoms with van der Waals surface area (Å²) in [6.45, 7) is 6.75. The van der Waals surface area contributed by atoms with Crippen LogP contribution in [0.4, 0.5) is 4.79 Å². The van der Waals surface area contributed by atoms with E-state index in [0.29, 0.717) is 18.4 Å². The molecule has 2 radical (unpaired) electrons. The lowest BCUT2D eigenvalue weighted by Gasteiger charge is -2.33. The topological polar surface area (TPSA) is 84.9 Å². The van der Waals surface area contributed by atoms with E-state index in [9.17, 15) is 14.4 Å². The van der Waals surface area contributed by atoms with Crippen molar-refractivity contribution in [2.24, 2.45) is 0 Å². The Bertz CT molecular complexity index is 720. The second-order valence-electron chi connectivity index (χ2n) is 8.40. The number of piperidine rings is 1. The van der Waals surface area contributed by atoms with Crippen LogP contribution < -0.4 is 5.32 Å². The first-order valence-electron chi connectivity index (χ1n) is 10.3. The molecule has 0 aliphatic carbocycles. The predicted octanol–water partition coefficient (Wildman–Crippen LogP) is 2.93. The van der Waals surface area contributed by atoms with Crippen LogP contribution in [0.25, 0.3) is 0 Å². The van der Waals surface area contributed by atoms with Gasteiger partial charge in [0, 0.05) is 25.4 Å². The van der Waals surface area contributed by atoms with Gasteiger partial charge in [-0.2, -0.15) is 0 Å². The third-order valence-corrected chi connectivity index (χ3v) is 6.16. The van der Waals surface area contributed by atoms with Gasteiger partial charge in [-0.3, -0.25) is 9.59 Å². The highest BCUT2D eigenvalue weighted by molar-refractivity contribution is 6.44. The number of amides is 2. The van der Waals surface area contributed by atoms with Crippen molar-refractivity contribution in [1.82, 2.24) is 10.2 Å². The van der Waals surface area contributed by atoms with Crippen molar-refractivity contribution in [3.05, 3.63) is 35.9 Å². The number of alkyl carbamates (subject to hydrolysis) is 1. The number of methoxy groups -OCH3 is 1. The lowest BCUT2D eigenvalue weighted by molar-refractivity contribution is -0.141. The van der Waals surface area contributed by atoms with E-state index in [1.54, 1.807) is 20.8 Å². The van der Waals surface area contributed by atoms with Gasteiger partial charge >= 0.3 is 12.1 Å². The largest absolute Gasteiger partial charge is 0.468 e. The maximum absolute atomic E-state index is 12.7. The van der Waals surface area contributed by atoms with E-state index in [1.165, 1.54) is 12.7 Å². The number of esters is 1. The maximum atomic E-state index is 12.7. The number of likely N-dealkylation sites (tertiary alicyclic amines) is 1. The summed E-state index contributed by atoms with van der Waals surface area (Å²) in [6, 6.07) is 10.8. The average molecular weight is 433 g/mol. The fourth-order valence-electron chi connectivity index (χ4n) is 3.42. The van der Waals surface area contributed by atoms with Crippen LogP contribution in [-0.4, -0.2) is 63.9 Å². The summed E-state index contributed by atoms with van der Waals surface area (Å²) in [5, 5.41) is 2.56. The molecule has 2 amide bonds. The SMILES string of the molecule is COC(=O)[C@@H](NC(=O)OC(C)(C)C)[Si]CCC(=O)N1CCCC(c2ccccc2)C1. The van der Waals surface area contributed by atoms with Crippen LogP contribution >= 0.6 is 0 Å². The van der Waals surface area contributed by atoms with Crippen molar-refractivity contribution in [2.45, 2.75) is 63.3 Å². The van der Waals surface area contributed by atoms with Gasteiger partial charge in [-0.25, -0.2) is 4.79 Å². The summed E-state index contributed by atoms with van der Waals surface area (Å²) in [5.74, 6) is -0.0826. The highest BCUT2D eigenvalue weighted by atomic mass is 28.2. The van der Waals surface area contributed by atoms with Crippen LogP contribution in [0.5, 0.6) is 0 Å². The van der Waals surface area contributed by atoms with E-state index < -0.39 is 23.3 Å². The number of nitrogens with one attached hydrogen (secondary N) is 1. The van der Waals surface area contributed by atoms with Gasteiger partial charge in [-0.05, 0) is 45.2 Å². The lowest BCUT2D eigenvalue weighted by Crippen LogP contribution is -2.47. The van der Waals surface area contributed by atoms with Crippen LogP contribution in [0.1, 0.15) is 51.5 Å². The second-order valence-corrected chi connectivity index (χ2v) is 9.88. The van der Waals surface area contributed by atoms with Crippen LogP contribution in [-0.2, 0) is 19.1 Å². The Hall–Kier alpha value is -2.35. The molecule has 1 saturated heterocycles. The molecule has 1 N–H and O–H groups in total. The van der Waals surface area contributed by atoms with Gasteiger partial charge in [0.05, 0.1) is 16.6 Å². The Morgan fingerprint density at radius 2 is 1.93 bits per heavy atom. The Kier molecular flexibility index (Phi) is 8.89. The Morgan fingerprint density at radius 1 is 1.23 bits per heavy atom. The van der Waals surface area contributed by atoms with Gasteiger partial charge in [0.25, 0.3) is 0 Å². The van der Waals surface area contributed by atoms with Crippen LogP contribution in [0.15, 0.2) is 30.3 Å². The van der Waals surface area contributed by atoms with Crippen molar-refractivity contribution in [3.8, 4) is 0 Å². The molecule has 164 valence electrons. The molecule has 1 aliphatic rings. The third kappa shape index (κ3) is 7.82. The molecule has 7 nitrogen and oxygen atoms in total. The smallest absolute Gasteiger partial charge is 0.408 e. The number of carbonyl (C=O) groups is 3. The normalized spacial score (nSPS) is 17.7. The number of benzene rings is 1. The molecule has 30 heavy (non-hydrogen) atoms. The molecule has 1 aliphatic heterocycles. The Labute approximate surface area is 181 Å². The van der Waals surface area contributed by atoms with Crippen molar-refractivity contribution >= 4 is 27.5 Å². The van der Waals surface area contributed by atoms with Crippen molar-refractivity contribution < 1.29 is 23.9 Å². The third-order valence-electron chi connectivity index (χ3n) is 4.83. The fraction of sp³-hybridized carbons (Fsp3) is 0.591. The number of nitrogens with zero attached hydrogens (tertiary/aromatic N) is 1. The summed E-state index contributed by atoms with van der Waals surface area (Å²) in [6.07, 6.45) is 1.74. The number of hydrogen-bond acceptors (Lipinski definition) is 5. The van der Waals surface area contributed by atoms with E-state index in [4.69, 9.17) is 9.47 Å². The average Bonchev–Trinajstić information content (AvgIpc) is 2.71. The lowest BCUT2D eigenvalue weighted by atomic mass is 9.90. The summed E-state index contributed by atoms with van der Waals surface area (Å²) < 4.78 is 9.99. The Morgan fingerprint density at radius 3 is 2.57 bits per heavy atom. The number of ether oxygens (including phenoxy) is 2. The molecule has 2 rings (SSSR count). The minimum Gasteiger partial charge on any atom is -0.468 e. The molecule has 8 heteroatoms. The zero-order chi connectivity index (χ0) is 22.1. The van der Waals surface area contributed by atoms with Gasteiger partial charge in [0.2, 0.25) is 5.91 Å². The van der Waals surface area contributed by atoms with Gasteiger partial charge < -0.3 is 19.7 Å². The van der Waals surface area contributed by atoms with Gasteiger partial charge in [-0.1, -0.05) is 30.3 Å². The van der Waals surface area contributed by atoms with Gasteiger partial charge in [0.15, 0.2) is 0 Å². The Balaban J connectivity index is 1.84. The van der Waals surface area contributed by atoms with E-state index in [-0.39, 0.29) is 15.4 Å². The quantitative estimate of drug-likeness (QED) is 0.529. The molecule has 2 atom stereocenters. The summed E-state index contributed by atoms with van der Waals surface area (Å²) in [4.78, 5) is 38.6. The summed E-state index contributed by atoms with van der Waals surface area (Å²) in [7, 11) is 1.31. The van der Waals surface area contributed by atoms with Gasteiger partial charge in [-0.15, -0.1) is 0 Å². The highest BCUT2D eigenvalue weighted by Crippen LogP contribution is 2.27. The van der Waals surface area contributed by atoms with E-state index in [1.807, 2.05) is 23.1 Å². The standard InChI is InChI=1S/C22H32N2O5Si/c1-22(2,3)29-21(27)23-19(20(26)28-4)30-14-12-18(25)24-13-8-11-17(15-24)16-9-6-5-7-10-16/h5-7,9-10,17,19H,8,11-15H2,1-4H3,(H,23,27)/t17?,19-/m0/s1. The fourth-order valence-corrected chi connectivity index (χ4v) is 4.57. The van der Waals surface area contributed by atoms with Crippen molar-refractivity contribution in [1.29, 1.82) is 0 Å².